The fourth-order valence-electron chi connectivity index (χ4n) is 2.09. The van der Waals surface area contributed by atoms with Crippen molar-refractivity contribution in [3.05, 3.63) is 35.9 Å². The summed E-state index contributed by atoms with van der Waals surface area (Å²) in [6.07, 6.45) is 0.996. The second-order valence-corrected chi connectivity index (χ2v) is 4.79. The first-order valence-electron chi connectivity index (χ1n) is 6.16. The Kier molecular flexibility index (Phi) is 3.79. The van der Waals surface area contributed by atoms with Gasteiger partial charge in [0.25, 0.3) is 0 Å². The van der Waals surface area contributed by atoms with Crippen LogP contribution in [0.25, 0.3) is 0 Å². The van der Waals surface area contributed by atoms with Crippen LogP contribution in [-0.2, 0) is 11.3 Å². The van der Waals surface area contributed by atoms with E-state index in [0.29, 0.717) is 19.0 Å². The monoisotopic (exact) mass is 233 g/mol. The predicted molar refractivity (Wildman–Crippen MR) is 66.2 cm³/mol. The average molecular weight is 233 g/mol. The maximum Gasteiger partial charge on any atom is 0.226 e. The van der Waals surface area contributed by atoms with E-state index in [0.717, 1.165) is 12.0 Å². The van der Waals surface area contributed by atoms with Crippen LogP contribution in [-0.4, -0.2) is 29.1 Å². The van der Waals surface area contributed by atoms with Gasteiger partial charge >= 0.3 is 0 Å². The molecular weight excluding hydrogens is 214 g/mol. The average Bonchev–Trinajstić information content (AvgIpc) is 3.06. The van der Waals surface area contributed by atoms with Crippen molar-refractivity contribution in [1.82, 2.24) is 4.90 Å². The molecule has 0 unspecified atom stereocenters. The standard InChI is InChI=1S/C14H19NO2/c1-11-9-13(11)14(17)15(7-8-16)10-12-5-3-2-4-6-12/h2-6,11,13,16H,7-10H2,1H3/t11-,13+/m0/s1. The molecule has 0 bridgehead atoms. The molecule has 17 heavy (non-hydrogen) atoms. The highest BCUT2D eigenvalue weighted by Crippen LogP contribution is 2.39. The van der Waals surface area contributed by atoms with E-state index in [1.807, 2.05) is 30.3 Å². The molecule has 1 aromatic rings. The van der Waals surface area contributed by atoms with E-state index in [4.69, 9.17) is 5.11 Å². The van der Waals surface area contributed by atoms with Crippen molar-refractivity contribution in [2.24, 2.45) is 11.8 Å². The summed E-state index contributed by atoms with van der Waals surface area (Å²) in [7, 11) is 0. The maximum absolute atomic E-state index is 12.1. The molecule has 2 rings (SSSR count). The predicted octanol–water partition coefficient (Wildman–Crippen LogP) is 1.66. The van der Waals surface area contributed by atoms with Gasteiger partial charge in [0.05, 0.1) is 6.61 Å². The summed E-state index contributed by atoms with van der Waals surface area (Å²) in [5.74, 6) is 0.889. The Morgan fingerprint density at radius 2 is 2.06 bits per heavy atom. The van der Waals surface area contributed by atoms with Gasteiger partial charge in [0.15, 0.2) is 0 Å². The summed E-state index contributed by atoms with van der Waals surface area (Å²) < 4.78 is 0. The molecule has 1 saturated carbocycles. The van der Waals surface area contributed by atoms with Crippen LogP contribution in [0.3, 0.4) is 0 Å². The molecular formula is C14H19NO2. The second kappa shape index (κ2) is 5.32. The molecule has 0 radical (unpaired) electrons. The lowest BCUT2D eigenvalue weighted by atomic mass is 10.2. The fourth-order valence-corrected chi connectivity index (χ4v) is 2.09. The largest absolute Gasteiger partial charge is 0.395 e. The third-order valence-corrected chi connectivity index (χ3v) is 3.32. The molecule has 3 heteroatoms. The van der Waals surface area contributed by atoms with Crippen molar-refractivity contribution < 1.29 is 9.90 Å². The number of rotatable bonds is 5. The normalized spacial score (nSPS) is 22.2. The van der Waals surface area contributed by atoms with Crippen molar-refractivity contribution in [3.63, 3.8) is 0 Å². The zero-order chi connectivity index (χ0) is 12.3. The molecule has 0 aromatic heterocycles. The number of benzene rings is 1. The summed E-state index contributed by atoms with van der Waals surface area (Å²) in [6, 6.07) is 9.92. The lowest BCUT2D eigenvalue weighted by Crippen LogP contribution is -2.34. The summed E-state index contributed by atoms with van der Waals surface area (Å²) in [5.41, 5.74) is 1.11. The smallest absolute Gasteiger partial charge is 0.226 e. The molecule has 2 atom stereocenters. The molecule has 1 N–H and O–H groups in total. The SMILES string of the molecule is C[C@H]1C[C@H]1C(=O)N(CCO)Cc1ccccc1. The van der Waals surface area contributed by atoms with E-state index >= 15 is 0 Å². The molecule has 1 fully saturated rings. The molecule has 1 amide bonds. The summed E-state index contributed by atoms with van der Waals surface area (Å²) in [4.78, 5) is 13.9. The number of aliphatic hydroxyl groups excluding tert-OH is 1. The summed E-state index contributed by atoms with van der Waals surface area (Å²) in [6.45, 7) is 3.16. The Hall–Kier alpha value is -1.35. The van der Waals surface area contributed by atoms with Crippen LogP contribution in [0.4, 0.5) is 0 Å². The molecule has 0 spiro atoms. The van der Waals surface area contributed by atoms with E-state index in [1.54, 1.807) is 4.90 Å². The molecule has 92 valence electrons. The number of amides is 1. The molecule has 0 heterocycles. The van der Waals surface area contributed by atoms with Crippen molar-refractivity contribution in [2.75, 3.05) is 13.2 Å². The summed E-state index contributed by atoms with van der Waals surface area (Å²) in [5, 5.41) is 9.04. The number of aliphatic hydroxyl groups is 1. The maximum atomic E-state index is 12.1. The molecule has 1 aliphatic rings. The van der Waals surface area contributed by atoms with Crippen molar-refractivity contribution in [1.29, 1.82) is 0 Å². The minimum atomic E-state index is 0.0275. The van der Waals surface area contributed by atoms with Gasteiger partial charge in [-0.05, 0) is 17.9 Å². The number of nitrogens with zero attached hydrogens (tertiary/aromatic N) is 1. The first-order valence-corrected chi connectivity index (χ1v) is 6.16. The minimum absolute atomic E-state index is 0.0275. The Morgan fingerprint density at radius 1 is 1.41 bits per heavy atom. The first-order chi connectivity index (χ1) is 8.22. The lowest BCUT2D eigenvalue weighted by Gasteiger charge is -2.22. The van der Waals surface area contributed by atoms with E-state index in [2.05, 4.69) is 6.92 Å². The van der Waals surface area contributed by atoms with Gasteiger partial charge < -0.3 is 10.0 Å². The van der Waals surface area contributed by atoms with Crippen molar-refractivity contribution in [3.8, 4) is 0 Å². The Morgan fingerprint density at radius 3 is 2.59 bits per heavy atom. The van der Waals surface area contributed by atoms with Crippen LogP contribution in [0.15, 0.2) is 30.3 Å². The molecule has 3 nitrogen and oxygen atoms in total. The van der Waals surface area contributed by atoms with Crippen molar-refractivity contribution in [2.45, 2.75) is 19.9 Å². The lowest BCUT2D eigenvalue weighted by molar-refractivity contribution is -0.134. The quantitative estimate of drug-likeness (QED) is 0.840. The highest BCUT2D eigenvalue weighted by molar-refractivity contribution is 5.81. The number of hydrogen-bond donors (Lipinski definition) is 1. The van der Waals surface area contributed by atoms with Crippen LogP contribution in [0.1, 0.15) is 18.9 Å². The molecule has 1 aliphatic carbocycles. The highest BCUT2D eigenvalue weighted by Gasteiger charge is 2.41. The van der Waals surface area contributed by atoms with Gasteiger partial charge in [-0.3, -0.25) is 4.79 Å². The highest BCUT2D eigenvalue weighted by atomic mass is 16.3. The molecule has 1 aromatic carbocycles. The van der Waals surface area contributed by atoms with Gasteiger partial charge in [-0.1, -0.05) is 37.3 Å². The Labute approximate surface area is 102 Å². The summed E-state index contributed by atoms with van der Waals surface area (Å²) >= 11 is 0. The van der Waals surface area contributed by atoms with Gasteiger partial charge in [-0.25, -0.2) is 0 Å². The molecule has 0 saturated heterocycles. The van der Waals surface area contributed by atoms with Crippen LogP contribution in [0.2, 0.25) is 0 Å². The zero-order valence-electron chi connectivity index (χ0n) is 10.2. The van der Waals surface area contributed by atoms with Gasteiger partial charge in [0, 0.05) is 19.0 Å². The van der Waals surface area contributed by atoms with E-state index in [9.17, 15) is 4.79 Å². The van der Waals surface area contributed by atoms with Gasteiger partial charge in [0.1, 0.15) is 0 Å². The van der Waals surface area contributed by atoms with Crippen LogP contribution >= 0.6 is 0 Å². The first kappa shape index (κ1) is 12.1. The van der Waals surface area contributed by atoms with Crippen LogP contribution in [0, 0.1) is 11.8 Å². The van der Waals surface area contributed by atoms with Crippen LogP contribution < -0.4 is 0 Å². The number of hydrogen-bond acceptors (Lipinski definition) is 2. The van der Waals surface area contributed by atoms with Crippen molar-refractivity contribution >= 4 is 5.91 Å². The minimum Gasteiger partial charge on any atom is -0.395 e. The third kappa shape index (κ3) is 3.07. The van der Waals surface area contributed by atoms with E-state index in [1.165, 1.54) is 0 Å². The van der Waals surface area contributed by atoms with Gasteiger partial charge in [-0.15, -0.1) is 0 Å². The topological polar surface area (TPSA) is 40.5 Å². The number of carbonyl (C=O) groups excluding carboxylic acids is 1. The second-order valence-electron chi connectivity index (χ2n) is 4.79. The van der Waals surface area contributed by atoms with E-state index < -0.39 is 0 Å². The van der Waals surface area contributed by atoms with Gasteiger partial charge in [0.2, 0.25) is 5.91 Å². The molecule has 0 aliphatic heterocycles. The van der Waals surface area contributed by atoms with Crippen LogP contribution in [0.5, 0.6) is 0 Å². The Balaban J connectivity index is 1.99. The van der Waals surface area contributed by atoms with E-state index in [-0.39, 0.29) is 18.4 Å². The fraction of sp³-hybridized carbons (Fsp3) is 0.500. The third-order valence-electron chi connectivity index (χ3n) is 3.32. The van der Waals surface area contributed by atoms with Gasteiger partial charge in [-0.2, -0.15) is 0 Å². The number of carbonyl (C=O) groups is 1. The Bertz CT molecular complexity index is 377. The zero-order valence-corrected chi connectivity index (χ0v) is 10.2.